The van der Waals surface area contributed by atoms with Crippen LogP contribution in [0.5, 0.6) is 0 Å². The molecular formula is C16H31NO2. The highest BCUT2D eigenvalue weighted by atomic mass is 16.5. The fourth-order valence-electron chi connectivity index (χ4n) is 4.18. The van der Waals surface area contributed by atoms with Crippen LogP contribution in [0.1, 0.15) is 46.0 Å². The third-order valence-electron chi connectivity index (χ3n) is 5.11. The largest absolute Gasteiger partial charge is 0.383 e. The Balaban J connectivity index is 1.83. The van der Waals surface area contributed by atoms with Crippen LogP contribution in [0.25, 0.3) is 0 Å². The predicted octanol–water partition coefficient (Wildman–Crippen LogP) is 2.84. The van der Waals surface area contributed by atoms with Crippen LogP contribution in [-0.4, -0.2) is 39.5 Å². The van der Waals surface area contributed by atoms with Gasteiger partial charge in [0.2, 0.25) is 0 Å². The maximum absolute atomic E-state index is 5.81. The van der Waals surface area contributed by atoms with Gasteiger partial charge < -0.3 is 14.8 Å². The minimum atomic E-state index is 0.358. The van der Waals surface area contributed by atoms with Crippen LogP contribution in [0.2, 0.25) is 0 Å². The molecule has 2 aliphatic carbocycles. The highest BCUT2D eigenvalue weighted by Crippen LogP contribution is 2.57. The molecule has 2 fully saturated rings. The van der Waals surface area contributed by atoms with E-state index < -0.39 is 0 Å². The van der Waals surface area contributed by atoms with Crippen LogP contribution in [-0.2, 0) is 9.47 Å². The van der Waals surface area contributed by atoms with Crippen molar-refractivity contribution in [3.8, 4) is 0 Å². The Hall–Kier alpha value is -0.120. The van der Waals surface area contributed by atoms with E-state index in [9.17, 15) is 0 Å². The average molecular weight is 269 g/mol. The minimum absolute atomic E-state index is 0.358. The third kappa shape index (κ3) is 3.93. The highest BCUT2D eigenvalue weighted by molar-refractivity contribution is 5.01. The van der Waals surface area contributed by atoms with Gasteiger partial charge in [-0.05, 0) is 56.8 Å². The molecule has 3 unspecified atom stereocenters. The maximum atomic E-state index is 5.81. The van der Waals surface area contributed by atoms with E-state index in [1.54, 1.807) is 7.11 Å². The number of nitrogens with one attached hydrogen (secondary N) is 1. The zero-order chi connectivity index (χ0) is 13.7. The molecule has 3 atom stereocenters. The second-order valence-corrected chi connectivity index (χ2v) is 6.78. The van der Waals surface area contributed by atoms with Gasteiger partial charge in [0.05, 0.1) is 12.7 Å². The van der Waals surface area contributed by atoms with E-state index in [1.165, 1.54) is 32.1 Å². The van der Waals surface area contributed by atoms with E-state index in [4.69, 9.17) is 9.47 Å². The van der Waals surface area contributed by atoms with Crippen molar-refractivity contribution in [1.82, 2.24) is 5.32 Å². The number of hydrogen-bond donors (Lipinski definition) is 1. The summed E-state index contributed by atoms with van der Waals surface area (Å²) in [5, 5.41) is 3.61. The smallest absolute Gasteiger partial charge is 0.0587 e. The van der Waals surface area contributed by atoms with Crippen LogP contribution in [0.15, 0.2) is 0 Å². The van der Waals surface area contributed by atoms with Crippen molar-refractivity contribution >= 4 is 0 Å². The van der Waals surface area contributed by atoms with E-state index in [1.807, 2.05) is 0 Å². The molecule has 3 nitrogen and oxygen atoms in total. The average Bonchev–Trinajstić information content (AvgIpc) is 2.95. The van der Waals surface area contributed by atoms with Gasteiger partial charge in [-0.2, -0.15) is 0 Å². The Morgan fingerprint density at radius 3 is 2.68 bits per heavy atom. The summed E-state index contributed by atoms with van der Waals surface area (Å²) in [4.78, 5) is 0. The first-order chi connectivity index (χ1) is 9.16. The zero-order valence-corrected chi connectivity index (χ0v) is 12.9. The molecular weight excluding hydrogens is 238 g/mol. The second kappa shape index (κ2) is 7.05. The quantitative estimate of drug-likeness (QED) is 0.653. The van der Waals surface area contributed by atoms with Crippen molar-refractivity contribution in [2.24, 2.45) is 17.3 Å². The summed E-state index contributed by atoms with van der Waals surface area (Å²) in [5.41, 5.74) is 0.506. The van der Waals surface area contributed by atoms with Gasteiger partial charge in [-0.1, -0.05) is 6.42 Å². The van der Waals surface area contributed by atoms with Crippen molar-refractivity contribution in [2.45, 2.75) is 52.1 Å². The van der Waals surface area contributed by atoms with Crippen LogP contribution >= 0.6 is 0 Å². The summed E-state index contributed by atoms with van der Waals surface area (Å²) in [6.07, 6.45) is 7.38. The Bertz CT molecular complexity index is 269. The molecule has 0 aromatic heterocycles. The molecule has 0 spiro atoms. The molecule has 112 valence electrons. The first kappa shape index (κ1) is 15.3. The zero-order valence-electron chi connectivity index (χ0n) is 12.9. The van der Waals surface area contributed by atoms with Crippen LogP contribution in [0.4, 0.5) is 0 Å². The fourth-order valence-corrected chi connectivity index (χ4v) is 4.18. The molecule has 0 saturated heterocycles. The molecule has 19 heavy (non-hydrogen) atoms. The van der Waals surface area contributed by atoms with E-state index in [0.717, 1.165) is 38.1 Å². The van der Waals surface area contributed by atoms with Gasteiger partial charge in [0.25, 0.3) is 0 Å². The van der Waals surface area contributed by atoms with E-state index in [0.29, 0.717) is 11.5 Å². The molecule has 2 aliphatic rings. The molecule has 1 N–H and O–H groups in total. The number of hydrogen-bond acceptors (Lipinski definition) is 3. The molecule has 0 aromatic carbocycles. The van der Waals surface area contributed by atoms with Gasteiger partial charge in [-0.3, -0.25) is 0 Å². The summed E-state index contributed by atoms with van der Waals surface area (Å²) in [5.74, 6) is 1.93. The SMILES string of the molecule is COCCNCC1(CCOC(C)C)CC2CCC1C2. The number of rotatable bonds is 9. The number of methoxy groups -OCH3 is 1. The normalized spacial score (nSPS) is 33.5. The van der Waals surface area contributed by atoms with Gasteiger partial charge in [-0.25, -0.2) is 0 Å². The van der Waals surface area contributed by atoms with Crippen molar-refractivity contribution in [1.29, 1.82) is 0 Å². The molecule has 0 heterocycles. The molecule has 2 rings (SSSR count). The summed E-state index contributed by atoms with van der Waals surface area (Å²) in [7, 11) is 1.77. The monoisotopic (exact) mass is 269 g/mol. The molecule has 0 aromatic rings. The molecule has 0 amide bonds. The van der Waals surface area contributed by atoms with Crippen molar-refractivity contribution < 1.29 is 9.47 Å². The minimum Gasteiger partial charge on any atom is -0.383 e. The Kier molecular flexibility index (Phi) is 5.67. The van der Waals surface area contributed by atoms with E-state index >= 15 is 0 Å². The Morgan fingerprint density at radius 1 is 1.26 bits per heavy atom. The van der Waals surface area contributed by atoms with Gasteiger partial charge in [0.1, 0.15) is 0 Å². The van der Waals surface area contributed by atoms with Gasteiger partial charge >= 0.3 is 0 Å². The second-order valence-electron chi connectivity index (χ2n) is 6.78. The van der Waals surface area contributed by atoms with Crippen LogP contribution in [0, 0.1) is 17.3 Å². The predicted molar refractivity (Wildman–Crippen MR) is 78.3 cm³/mol. The molecule has 0 aliphatic heterocycles. The lowest BCUT2D eigenvalue weighted by Gasteiger charge is -2.38. The topological polar surface area (TPSA) is 30.5 Å². The number of fused-ring (bicyclic) bond motifs is 2. The lowest BCUT2D eigenvalue weighted by molar-refractivity contribution is 0.0317. The first-order valence-electron chi connectivity index (χ1n) is 7.97. The fraction of sp³-hybridized carbons (Fsp3) is 1.00. The van der Waals surface area contributed by atoms with Gasteiger partial charge in [0.15, 0.2) is 0 Å². The van der Waals surface area contributed by atoms with E-state index in [2.05, 4.69) is 19.2 Å². The molecule has 2 bridgehead atoms. The lowest BCUT2D eigenvalue weighted by atomic mass is 9.71. The summed E-state index contributed by atoms with van der Waals surface area (Å²) < 4.78 is 10.9. The van der Waals surface area contributed by atoms with Gasteiger partial charge in [0, 0.05) is 26.8 Å². The third-order valence-corrected chi connectivity index (χ3v) is 5.11. The lowest BCUT2D eigenvalue weighted by Crippen LogP contribution is -2.40. The van der Waals surface area contributed by atoms with E-state index in [-0.39, 0.29) is 0 Å². The molecule has 3 heteroatoms. The van der Waals surface area contributed by atoms with Crippen molar-refractivity contribution in [2.75, 3.05) is 33.4 Å². The molecule has 0 radical (unpaired) electrons. The van der Waals surface area contributed by atoms with Crippen LogP contribution in [0.3, 0.4) is 0 Å². The Labute approximate surface area is 118 Å². The molecule has 2 saturated carbocycles. The van der Waals surface area contributed by atoms with Gasteiger partial charge in [-0.15, -0.1) is 0 Å². The summed E-state index contributed by atoms with van der Waals surface area (Å²) in [6.45, 7) is 8.12. The highest BCUT2D eigenvalue weighted by Gasteiger charge is 2.49. The summed E-state index contributed by atoms with van der Waals surface area (Å²) >= 11 is 0. The maximum Gasteiger partial charge on any atom is 0.0587 e. The summed E-state index contributed by atoms with van der Waals surface area (Å²) in [6, 6.07) is 0. The van der Waals surface area contributed by atoms with Crippen molar-refractivity contribution in [3.63, 3.8) is 0 Å². The number of ether oxygens (including phenoxy) is 2. The van der Waals surface area contributed by atoms with Crippen LogP contribution < -0.4 is 5.32 Å². The van der Waals surface area contributed by atoms with Crippen molar-refractivity contribution in [3.05, 3.63) is 0 Å². The first-order valence-corrected chi connectivity index (χ1v) is 7.97. The Morgan fingerprint density at radius 2 is 2.11 bits per heavy atom. The standard InChI is InChI=1S/C16H31NO2/c1-13(2)19-8-6-16(12-17-7-9-18-3)11-14-4-5-15(16)10-14/h13-15,17H,4-12H2,1-3H3.